The van der Waals surface area contributed by atoms with Gasteiger partial charge in [-0.15, -0.1) is 0 Å². The second-order valence-electron chi connectivity index (χ2n) is 15.2. The van der Waals surface area contributed by atoms with Crippen LogP contribution in [0.3, 0.4) is 0 Å². The lowest BCUT2D eigenvalue weighted by molar-refractivity contribution is 0.309. The molecule has 10 rings (SSSR count). The highest BCUT2D eigenvalue weighted by Crippen LogP contribution is 2.50. The molecule has 0 heterocycles. The molecule has 62 heavy (non-hydrogen) atoms. The minimum Gasteiger partial charge on any atom is -0.488 e. The predicted octanol–water partition coefficient (Wildman–Crippen LogP) is 12.3. The maximum atomic E-state index is 7.22. The zero-order valence-electron chi connectivity index (χ0n) is 34.2. The van der Waals surface area contributed by atoms with Crippen molar-refractivity contribution in [1.29, 1.82) is 0 Å². The van der Waals surface area contributed by atoms with E-state index in [4.69, 9.17) is 9.47 Å². The molecule has 0 N–H and O–H groups in total. The largest absolute Gasteiger partial charge is 0.488 e. The first-order chi connectivity index (χ1) is 30.8. The molecule has 298 valence electrons. The van der Waals surface area contributed by atoms with Gasteiger partial charge in [-0.1, -0.05) is 231 Å². The van der Waals surface area contributed by atoms with Crippen LogP contribution in [0.25, 0.3) is 32.7 Å². The van der Waals surface area contributed by atoms with Crippen molar-refractivity contribution < 1.29 is 9.47 Å². The Morgan fingerprint density at radius 2 is 0.565 bits per heavy atom. The molecule has 0 radical (unpaired) electrons. The van der Waals surface area contributed by atoms with Crippen LogP contribution in [0.15, 0.2) is 243 Å². The molecule has 10 aromatic rings. The van der Waals surface area contributed by atoms with Crippen LogP contribution in [-0.4, -0.2) is 0 Å². The summed E-state index contributed by atoms with van der Waals surface area (Å²) in [7, 11) is -2.35. The van der Waals surface area contributed by atoms with E-state index < -0.39 is 15.8 Å². The van der Waals surface area contributed by atoms with Crippen molar-refractivity contribution >= 4 is 69.2 Å². The second kappa shape index (κ2) is 18.4. The van der Waals surface area contributed by atoms with Gasteiger partial charge in [-0.05, 0) is 81.9 Å². The second-order valence-corrected chi connectivity index (χ2v) is 19.5. The third-order valence-corrected chi connectivity index (χ3v) is 16.2. The Labute approximate surface area is 366 Å². The van der Waals surface area contributed by atoms with E-state index in [-0.39, 0.29) is 0 Å². The molecule has 0 spiro atoms. The molecule has 0 unspecified atom stereocenters. The SMILES string of the molecule is c1ccc(COc2cc3ccccc3c(-c3c(P(c4ccccc4)c4ccccc4)c(OCc4ccccc4)cc4ccccc34)c2P(c2ccccc2)c2ccccc2)cc1. The van der Waals surface area contributed by atoms with Crippen LogP contribution < -0.4 is 41.3 Å². The predicted molar refractivity (Wildman–Crippen MR) is 266 cm³/mol. The molecule has 0 aliphatic heterocycles. The molecule has 0 aliphatic rings. The number of hydrogen-bond acceptors (Lipinski definition) is 2. The summed E-state index contributed by atoms with van der Waals surface area (Å²) < 4.78 is 14.4. The van der Waals surface area contributed by atoms with Crippen molar-refractivity contribution in [3.63, 3.8) is 0 Å². The summed E-state index contributed by atoms with van der Waals surface area (Å²) in [4.78, 5) is 0. The van der Waals surface area contributed by atoms with Gasteiger partial charge >= 0.3 is 0 Å². The Kier molecular flexibility index (Phi) is 11.7. The lowest BCUT2D eigenvalue weighted by Gasteiger charge is -2.31. The Bertz CT molecular complexity index is 2760. The molecule has 0 amide bonds. The van der Waals surface area contributed by atoms with E-state index in [0.29, 0.717) is 13.2 Å². The van der Waals surface area contributed by atoms with Crippen LogP contribution in [0.4, 0.5) is 0 Å². The van der Waals surface area contributed by atoms with E-state index in [1.54, 1.807) is 0 Å². The van der Waals surface area contributed by atoms with Gasteiger partial charge in [0.15, 0.2) is 0 Å². The van der Waals surface area contributed by atoms with E-state index in [2.05, 4.69) is 243 Å². The standard InChI is InChI=1S/C58H44O2P2/c1-7-23-43(24-8-1)41-59-53-39-45-27-19-21-37-51(45)55(57(53)61(47-29-11-3-12-30-47)48-31-13-4-14-32-48)56-52-38-22-20-28-46(52)40-54(60-42-44-25-9-2-10-26-44)58(56)62(49-33-15-5-16-34-49)50-35-17-6-18-36-50/h1-40H,41-42H2. The molecular weight excluding hydrogens is 791 g/mol. The number of benzene rings is 10. The quantitative estimate of drug-likeness (QED) is 0.108. The molecular formula is C58H44O2P2. The smallest absolute Gasteiger partial charge is 0.129 e. The van der Waals surface area contributed by atoms with Gasteiger partial charge in [0.25, 0.3) is 0 Å². The van der Waals surface area contributed by atoms with E-state index in [0.717, 1.165) is 33.4 Å². The summed E-state index contributed by atoms with van der Waals surface area (Å²) >= 11 is 0. The Balaban J connectivity index is 1.38. The highest BCUT2D eigenvalue weighted by Gasteiger charge is 2.33. The summed E-state index contributed by atoms with van der Waals surface area (Å²) in [6.07, 6.45) is 0. The normalized spacial score (nSPS) is 11.3. The molecule has 0 bridgehead atoms. The first-order valence-electron chi connectivity index (χ1n) is 21.1. The molecule has 4 heteroatoms. The number of rotatable bonds is 13. The van der Waals surface area contributed by atoms with Crippen LogP contribution >= 0.6 is 15.8 Å². The lowest BCUT2D eigenvalue weighted by Crippen LogP contribution is -2.28. The van der Waals surface area contributed by atoms with Gasteiger partial charge < -0.3 is 9.47 Å². The van der Waals surface area contributed by atoms with Crippen molar-refractivity contribution in [2.45, 2.75) is 13.2 Å². The topological polar surface area (TPSA) is 18.5 Å². The van der Waals surface area contributed by atoms with Gasteiger partial charge in [0, 0.05) is 21.7 Å². The average Bonchev–Trinajstić information content (AvgIpc) is 3.35. The summed E-state index contributed by atoms with van der Waals surface area (Å²) in [5.74, 6) is 1.77. The van der Waals surface area contributed by atoms with Crippen molar-refractivity contribution in [3.8, 4) is 22.6 Å². The first-order valence-corrected chi connectivity index (χ1v) is 23.7. The zero-order chi connectivity index (χ0) is 41.5. The monoisotopic (exact) mass is 834 g/mol. The fraction of sp³-hybridized carbons (Fsp3) is 0.0345. The zero-order valence-corrected chi connectivity index (χ0v) is 36.0. The van der Waals surface area contributed by atoms with Gasteiger partial charge in [-0.2, -0.15) is 0 Å². The van der Waals surface area contributed by atoms with E-state index in [1.165, 1.54) is 53.7 Å². The maximum Gasteiger partial charge on any atom is 0.129 e. The maximum absolute atomic E-state index is 7.22. The van der Waals surface area contributed by atoms with Crippen LogP contribution in [0.1, 0.15) is 11.1 Å². The van der Waals surface area contributed by atoms with Crippen LogP contribution in [0.5, 0.6) is 11.5 Å². The summed E-state index contributed by atoms with van der Waals surface area (Å²) in [6.45, 7) is 0.875. The minimum absolute atomic E-state index is 0.437. The molecule has 0 saturated heterocycles. The lowest BCUT2D eigenvalue weighted by atomic mass is 9.93. The van der Waals surface area contributed by atoms with Gasteiger partial charge in [-0.25, -0.2) is 0 Å². The first kappa shape index (κ1) is 39.3. The Hall–Kier alpha value is -6.82. The fourth-order valence-corrected chi connectivity index (χ4v) is 13.5. The van der Waals surface area contributed by atoms with E-state index in [1.807, 2.05) is 0 Å². The van der Waals surface area contributed by atoms with Crippen molar-refractivity contribution in [3.05, 3.63) is 254 Å². The highest BCUT2D eigenvalue weighted by molar-refractivity contribution is 7.81. The van der Waals surface area contributed by atoms with Crippen LogP contribution in [0, 0.1) is 0 Å². The highest BCUT2D eigenvalue weighted by atomic mass is 31.1. The Morgan fingerprint density at radius 3 is 0.887 bits per heavy atom. The molecule has 0 atom stereocenters. The van der Waals surface area contributed by atoms with Crippen molar-refractivity contribution in [1.82, 2.24) is 0 Å². The molecule has 10 aromatic carbocycles. The van der Waals surface area contributed by atoms with Gasteiger partial charge in [0.05, 0.1) is 0 Å². The average molecular weight is 835 g/mol. The summed E-state index contributed by atoms with van der Waals surface area (Å²) in [5, 5.41) is 12.0. The Morgan fingerprint density at radius 1 is 0.290 bits per heavy atom. The van der Waals surface area contributed by atoms with Gasteiger partial charge in [0.1, 0.15) is 24.7 Å². The molecule has 0 aliphatic carbocycles. The van der Waals surface area contributed by atoms with Crippen molar-refractivity contribution in [2.75, 3.05) is 0 Å². The molecule has 2 nitrogen and oxygen atoms in total. The number of hydrogen-bond donors (Lipinski definition) is 0. The van der Waals surface area contributed by atoms with Gasteiger partial charge in [-0.3, -0.25) is 0 Å². The van der Waals surface area contributed by atoms with E-state index >= 15 is 0 Å². The third-order valence-electron chi connectivity index (χ3n) is 11.2. The summed E-state index contributed by atoms with van der Waals surface area (Å²) in [5.41, 5.74) is 4.61. The summed E-state index contributed by atoms with van der Waals surface area (Å²) in [6, 6.07) is 87.5. The van der Waals surface area contributed by atoms with Gasteiger partial charge in [0.2, 0.25) is 0 Å². The fourth-order valence-electron chi connectivity index (χ4n) is 8.39. The molecule has 0 aromatic heterocycles. The molecule has 0 saturated carbocycles. The van der Waals surface area contributed by atoms with Crippen LogP contribution in [-0.2, 0) is 13.2 Å². The minimum atomic E-state index is -1.17. The van der Waals surface area contributed by atoms with E-state index in [9.17, 15) is 0 Å². The van der Waals surface area contributed by atoms with Crippen LogP contribution in [0.2, 0.25) is 0 Å². The third kappa shape index (κ3) is 8.16. The number of ether oxygens (including phenoxy) is 2. The molecule has 0 fully saturated rings. The van der Waals surface area contributed by atoms with Crippen molar-refractivity contribution in [2.24, 2.45) is 0 Å². The number of fused-ring (bicyclic) bond motifs is 2.